The quantitative estimate of drug-likeness (QED) is 0.702. The van der Waals surface area contributed by atoms with Crippen LogP contribution in [0, 0.1) is 5.82 Å². The molecule has 14 heavy (non-hydrogen) atoms. The third-order valence-electron chi connectivity index (χ3n) is 1.94. The molecule has 0 heterocycles. The van der Waals surface area contributed by atoms with E-state index in [0.717, 1.165) is 6.42 Å². The summed E-state index contributed by atoms with van der Waals surface area (Å²) in [6, 6.07) is 5.70. The number of hydrogen-bond donors (Lipinski definition) is 0. The van der Waals surface area contributed by atoms with Crippen molar-refractivity contribution in [2.75, 3.05) is 0 Å². The van der Waals surface area contributed by atoms with Gasteiger partial charge in [0, 0.05) is 6.42 Å². The van der Waals surface area contributed by atoms with Crippen molar-refractivity contribution in [2.24, 2.45) is 0 Å². The monoisotopic (exact) mass is 214 g/mol. The Hall–Kier alpha value is -0.890. The molecule has 1 aromatic carbocycles. The van der Waals surface area contributed by atoms with Crippen molar-refractivity contribution in [3.8, 4) is 0 Å². The number of hydrogen-bond acceptors (Lipinski definition) is 1. The molecule has 0 N–H and O–H groups in total. The lowest BCUT2D eigenvalue weighted by Gasteiger charge is -2.07. The second kappa shape index (κ2) is 5.11. The fourth-order valence-electron chi connectivity index (χ4n) is 1.19. The molecule has 0 amide bonds. The van der Waals surface area contributed by atoms with Gasteiger partial charge in [-0.05, 0) is 24.1 Å². The zero-order valence-electron chi connectivity index (χ0n) is 7.97. The molecule has 1 aromatic rings. The van der Waals surface area contributed by atoms with E-state index < -0.39 is 5.38 Å². The minimum Gasteiger partial charge on any atom is -0.298 e. The highest BCUT2D eigenvalue weighted by Gasteiger charge is 2.15. The summed E-state index contributed by atoms with van der Waals surface area (Å²) >= 11 is 5.92. The van der Waals surface area contributed by atoms with Gasteiger partial charge in [0.15, 0.2) is 5.78 Å². The van der Waals surface area contributed by atoms with Gasteiger partial charge in [-0.25, -0.2) is 4.39 Å². The van der Waals surface area contributed by atoms with E-state index in [2.05, 4.69) is 0 Å². The first-order chi connectivity index (χ1) is 6.65. The highest BCUT2D eigenvalue weighted by Crippen LogP contribution is 2.23. The molecular formula is C11H12ClFO. The number of Topliss-reactive ketones (excluding diaryl/α,β-unsaturated/α-hetero) is 1. The highest BCUT2D eigenvalue weighted by molar-refractivity contribution is 6.31. The summed E-state index contributed by atoms with van der Waals surface area (Å²) in [7, 11) is 0. The third-order valence-corrected chi connectivity index (χ3v) is 2.44. The number of halogens is 2. The largest absolute Gasteiger partial charge is 0.298 e. The van der Waals surface area contributed by atoms with Crippen molar-refractivity contribution < 1.29 is 9.18 Å². The zero-order chi connectivity index (χ0) is 10.6. The Morgan fingerprint density at radius 2 is 2.00 bits per heavy atom. The molecule has 0 saturated carbocycles. The molecule has 1 nitrogen and oxygen atoms in total. The third kappa shape index (κ3) is 2.81. The second-order valence-corrected chi connectivity index (χ2v) is 3.57. The average molecular weight is 215 g/mol. The molecular weight excluding hydrogens is 203 g/mol. The van der Waals surface area contributed by atoms with Gasteiger partial charge in [-0.3, -0.25) is 4.79 Å². The molecule has 1 atom stereocenters. The molecule has 76 valence electrons. The van der Waals surface area contributed by atoms with E-state index in [4.69, 9.17) is 11.6 Å². The molecule has 0 fully saturated rings. The smallest absolute Gasteiger partial charge is 0.155 e. The van der Waals surface area contributed by atoms with Gasteiger partial charge >= 0.3 is 0 Å². The van der Waals surface area contributed by atoms with E-state index in [1.54, 1.807) is 12.1 Å². The Labute approximate surface area is 87.9 Å². The number of benzene rings is 1. The summed E-state index contributed by atoms with van der Waals surface area (Å²) in [5, 5.41) is -0.643. The second-order valence-electron chi connectivity index (χ2n) is 3.13. The minimum atomic E-state index is -0.643. The Morgan fingerprint density at radius 1 is 1.43 bits per heavy atom. The number of carbonyl (C=O) groups excluding carboxylic acids is 1. The normalized spacial score (nSPS) is 12.5. The number of ketones is 1. The Bertz CT molecular complexity index is 308. The van der Waals surface area contributed by atoms with Crippen LogP contribution in [-0.4, -0.2) is 5.78 Å². The average Bonchev–Trinajstić information content (AvgIpc) is 2.18. The lowest BCUT2D eigenvalue weighted by molar-refractivity contribution is -0.118. The van der Waals surface area contributed by atoms with Crippen LogP contribution in [-0.2, 0) is 4.79 Å². The van der Waals surface area contributed by atoms with Crippen LogP contribution in [0.4, 0.5) is 4.39 Å². The van der Waals surface area contributed by atoms with Crippen LogP contribution in [0.5, 0.6) is 0 Å². The van der Waals surface area contributed by atoms with Crippen LogP contribution in [0.1, 0.15) is 30.7 Å². The first-order valence-electron chi connectivity index (χ1n) is 4.57. The van der Waals surface area contributed by atoms with Crippen molar-refractivity contribution in [2.45, 2.75) is 25.1 Å². The molecule has 0 bridgehead atoms. The fourth-order valence-corrected chi connectivity index (χ4v) is 1.45. The van der Waals surface area contributed by atoms with Gasteiger partial charge < -0.3 is 0 Å². The molecule has 0 spiro atoms. The van der Waals surface area contributed by atoms with Gasteiger partial charge in [-0.2, -0.15) is 0 Å². The van der Waals surface area contributed by atoms with Crippen LogP contribution >= 0.6 is 11.6 Å². The first-order valence-corrected chi connectivity index (χ1v) is 5.01. The molecule has 1 rings (SSSR count). The summed E-state index contributed by atoms with van der Waals surface area (Å²) in [5.41, 5.74) is 0.659. The highest BCUT2D eigenvalue weighted by atomic mass is 35.5. The van der Waals surface area contributed by atoms with Crippen molar-refractivity contribution in [1.29, 1.82) is 0 Å². The van der Waals surface area contributed by atoms with Crippen LogP contribution in [0.3, 0.4) is 0 Å². The topological polar surface area (TPSA) is 17.1 Å². The van der Waals surface area contributed by atoms with Crippen molar-refractivity contribution in [1.82, 2.24) is 0 Å². The van der Waals surface area contributed by atoms with Crippen LogP contribution in [0.15, 0.2) is 24.3 Å². The molecule has 3 heteroatoms. The number of alkyl halides is 1. The summed E-state index contributed by atoms with van der Waals surface area (Å²) in [4.78, 5) is 11.4. The molecule has 0 aromatic heterocycles. The maximum atomic E-state index is 12.6. The van der Waals surface area contributed by atoms with Crippen molar-refractivity contribution >= 4 is 17.4 Å². The fraction of sp³-hybridized carbons (Fsp3) is 0.364. The maximum Gasteiger partial charge on any atom is 0.155 e. The van der Waals surface area contributed by atoms with Gasteiger partial charge in [-0.15, -0.1) is 11.6 Å². The summed E-state index contributed by atoms with van der Waals surface area (Å²) in [6.45, 7) is 1.92. The van der Waals surface area contributed by atoms with E-state index in [1.165, 1.54) is 12.1 Å². The molecule has 0 aliphatic rings. The summed E-state index contributed by atoms with van der Waals surface area (Å²) in [6.07, 6.45) is 1.24. The predicted molar refractivity (Wildman–Crippen MR) is 54.9 cm³/mol. The van der Waals surface area contributed by atoms with Gasteiger partial charge in [-0.1, -0.05) is 19.1 Å². The van der Waals surface area contributed by atoms with Crippen LogP contribution in [0.2, 0.25) is 0 Å². The summed E-state index contributed by atoms with van der Waals surface area (Å²) < 4.78 is 12.6. The van der Waals surface area contributed by atoms with E-state index >= 15 is 0 Å². The van der Waals surface area contributed by atoms with E-state index in [0.29, 0.717) is 12.0 Å². The summed E-state index contributed by atoms with van der Waals surface area (Å²) in [5.74, 6) is -0.332. The Balaban J connectivity index is 2.73. The lowest BCUT2D eigenvalue weighted by atomic mass is 10.1. The van der Waals surface area contributed by atoms with E-state index in [1.807, 2.05) is 6.92 Å². The van der Waals surface area contributed by atoms with Gasteiger partial charge in [0.2, 0.25) is 0 Å². The maximum absolute atomic E-state index is 12.6. The molecule has 0 saturated heterocycles. The molecule has 0 aliphatic heterocycles. The Kier molecular flexibility index (Phi) is 4.08. The van der Waals surface area contributed by atoms with Crippen molar-refractivity contribution in [3.63, 3.8) is 0 Å². The number of rotatable bonds is 4. The predicted octanol–water partition coefficient (Wildman–Crippen LogP) is 3.47. The lowest BCUT2D eigenvalue weighted by Crippen LogP contribution is -2.06. The van der Waals surface area contributed by atoms with Gasteiger partial charge in [0.25, 0.3) is 0 Å². The number of carbonyl (C=O) groups is 1. The van der Waals surface area contributed by atoms with Gasteiger partial charge in [0.1, 0.15) is 11.2 Å². The van der Waals surface area contributed by atoms with E-state index in [-0.39, 0.29) is 11.6 Å². The molecule has 0 aliphatic carbocycles. The van der Waals surface area contributed by atoms with Crippen LogP contribution < -0.4 is 0 Å². The Morgan fingerprint density at radius 3 is 2.50 bits per heavy atom. The SMILES string of the molecule is CCCC(=O)C(Cl)c1ccc(F)cc1. The van der Waals surface area contributed by atoms with E-state index in [9.17, 15) is 9.18 Å². The van der Waals surface area contributed by atoms with Gasteiger partial charge in [0.05, 0.1) is 0 Å². The molecule has 0 radical (unpaired) electrons. The zero-order valence-corrected chi connectivity index (χ0v) is 8.72. The molecule has 1 unspecified atom stereocenters. The van der Waals surface area contributed by atoms with Crippen LogP contribution in [0.25, 0.3) is 0 Å². The minimum absolute atomic E-state index is 0.0132. The standard InChI is InChI=1S/C11H12ClFO/c1-2-3-10(14)11(12)8-4-6-9(13)7-5-8/h4-7,11H,2-3H2,1H3. The van der Waals surface area contributed by atoms with Crippen molar-refractivity contribution in [3.05, 3.63) is 35.6 Å². The first kappa shape index (κ1) is 11.2.